The van der Waals surface area contributed by atoms with Gasteiger partial charge in [0.1, 0.15) is 5.75 Å². The monoisotopic (exact) mass is 323 g/mol. The van der Waals surface area contributed by atoms with E-state index in [9.17, 15) is 0 Å². The van der Waals surface area contributed by atoms with Gasteiger partial charge in [-0.1, -0.05) is 39.0 Å². The predicted octanol–water partition coefficient (Wildman–Crippen LogP) is 5.05. The van der Waals surface area contributed by atoms with Crippen molar-refractivity contribution in [2.24, 2.45) is 0 Å². The first-order chi connectivity index (χ1) is 11.5. The third-order valence-electron chi connectivity index (χ3n) is 4.94. The Morgan fingerprint density at radius 3 is 1.88 bits per heavy atom. The molecule has 0 saturated carbocycles. The second-order valence-corrected chi connectivity index (χ2v) is 7.91. The van der Waals surface area contributed by atoms with E-state index in [4.69, 9.17) is 9.72 Å². The Morgan fingerprint density at radius 2 is 1.42 bits per heavy atom. The van der Waals surface area contributed by atoms with E-state index in [2.05, 4.69) is 51.1 Å². The van der Waals surface area contributed by atoms with Crippen LogP contribution in [0.1, 0.15) is 61.7 Å². The zero-order chi connectivity index (χ0) is 17.2. The first-order valence-electron chi connectivity index (χ1n) is 9.12. The lowest BCUT2D eigenvalue weighted by Crippen LogP contribution is -2.13. The van der Waals surface area contributed by atoms with Crippen LogP contribution in [0.15, 0.2) is 30.3 Å². The van der Waals surface area contributed by atoms with Gasteiger partial charge in [-0.25, -0.2) is 0 Å². The summed E-state index contributed by atoms with van der Waals surface area (Å²) in [7, 11) is 1.81. The van der Waals surface area contributed by atoms with E-state index in [1.165, 1.54) is 28.1 Å². The van der Waals surface area contributed by atoms with Crippen LogP contribution in [0, 0.1) is 0 Å². The number of fused-ring (bicyclic) bond motifs is 4. The Hall–Kier alpha value is -1.83. The average Bonchev–Trinajstić information content (AvgIpc) is 2.53. The molecule has 0 saturated heterocycles. The van der Waals surface area contributed by atoms with E-state index < -0.39 is 0 Å². The molecule has 0 spiro atoms. The molecule has 0 fully saturated rings. The van der Waals surface area contributed by atoms with E-state index in [0.717, 1.165) is 44.3 Å². The molecule has 24 heavy (non-hydrogen) atoms. The van der Waals surface area contributed by atoms with Crippen LogP contribution >= 0.6 is 0 Å². The molecular weight excluding hydrogens is 294 g/mol. The molecule has 2 heteroatoms. The maximum atomic E-state index is 5.83. The number of benzene rings is 1. The zero-order valence-electron chi connectivity index (χ0n) is 15.5. The van der Waals surface area contributed by atoms with Crippen LogP contribution in [-0.4, -0.2) is 12.1 Å². The van der Waals surface area contributed by atoms with E-state index in [-0.39, 0.29) is 5.41 Å². The van der Waals surface area contributed by atoms with Crippen molar-refractivity contribution in [1.82, 2.24) is 4.98 Å². The number of hydrogen-bond donors (Lipinski definition) is 0. The molecule has 1 aliphatic heterocycles. The highest BCUT2D eigenvalue weighted by Gasteiger charge is 2.19. The fourth-order valence-corrected chi connectivity index (χ4v) is 3.55. The first kappa shape index (κ1) is 17.0. The van der Waals surface area contributed by atoms with Crippen molar-refractivity contribution in [2.45, 2.75) is 64.7 Å². The van der Waals surface area contributed by atoms with Gasteiger partial charge >= 0.3 is 0 Å². The topological polar surface area (TPSA) is 22.1 Å². The Morgan fingerprint density at radius 1 is 0.875 bits per heavy atom. The van der Waals surface area contributed by atoms with Crippen LogP contribution in [0.25, 0.3) is 0 Å². The molecule has 0 N–H and O–H groups in total. The normalized spacial score (nSPS) is 15.3. The van der Waals surface area contributed by atoms with Gasteiger partial charge in [0.25, 0.3) is 0 Å². The molecule has 3 rings (SSSR count). The fourth-order valence-electron chi connectivity index (χ4n) is 3.55. The van der Waals surface area contributed by atoms with Crippen molar-refractivity contribution < 1.29 is 4.74 Å². The third-order valence-corrected chi connectivity index (χ3v) is 4.94. The summed E-state index contributed by atoms with van der Waals surface area (Å²) in [5, 5.41) is 0. The number of ether oxygens (including phenoxy) is 1. The molecule has 2 heterocycles. The summed E-state index contributed by atoms with van der Waals surface area (Å²) < 4.78 is 5.83. The Balaban J connectivity index is 1.99. The second kappa shape index (κ2) is 6.96. The predicted molar refractivity (Wildman–Crippen MR) is 100.0 cm³/mol. The summed E-state index contributed by atoms with van der Waals surface area (Å²) in [6.45, 7) is 6.88. The van der Waals surface area contributed by atoms with E-state index in [0.29, 0.717) is 0 Å². The molecule has 2 nitrogen and oxygen atoms in total. The van der Waals surface area contributed by atoms with Gasteiger partial charge in [0.2, 0.25) is 0 Å². The second-order valence-electron chi connectivity index (χ2n) is 7.91. The number of aryl methyl sites for hydroxylation is 4. The summed E-state index contributed by atoms with van der Waals surface area (Å²) in [5.41, 5.74) is 6.74. The van der Waals surface area contributed by atoms with Crippen LogP contribution in [0.5, 0.6) is 5.75 Å². The lowest BCUT2D eigenvalue weighted by atomic mass is 9.83. The van der Waals surface area contributed by atoms with E-state index >= 15 is 0 Å². The lowest BCUT2D eigenvalue weighted by molar-refractivity contribution is 0.402. The quantitative estimate of drug-likeness (QED) is 0.732. The van der Waals surface area contributed by atoms with Crippen LogP contribution in [-0.2, 0) is 31.1 Å². The van der Waals surface area contributed by atoms with Crippen molar-refractivity contribution in [3.63, 3.8) is 0 Å². The molecule has 4 bridgehead atoms. The van der Waals surface area contributed by atoms with Crippen molar-refractivity contribution >= 4 is 0 Å². The number of rotatable bonds is 1. The molecule has 0 amide bonds. The molecule has 1 aromatic carbocycles. The molecule has 0 radical (unpaired) electrons. The lowest BCUT2D eigenvalue weighted by Gasteiger charge is -2.24. The fraction of sp³-hybridized carbons (Fsp3) is 0.500. The standard InChI is InChI=1S/C22H29NO/c1-22(2,3)18-14-16-8-5-10-19-12-7-13-20(23-19)11-6-9-17(15-18)21(16)24-4/h7,12-15H,5-6,8-11H2,1-4H3. The van der Waals surface area contributed by atoms with Crippen LogP contribution in [0.4, 0.5) is 0 Å². The maximum Gasteiger partial charge on any atom is 0.125 e. The van der Waals surface area contributed by atoms with Gasteiger partial charge in [-0.05, 0) is 72.8 Å². The van der Waals surface area contributed by atoms with Crippen molar-refractivity contribution in [3.8, 4) is 5.75 Å². The smallest absolute Gasteiger partial charge is 0.125 e. The molecule has 0 atom stereocenters. The van der Waals surface area contributed by atoms with Crippen molar-refractivity contribution in [1.29, 1.82) is 0 Å². The molecule has 128 valence electrons. The van der Waals surface area contributed by atoms with Gasteiger partial charge < -0.3 is 4.74 Å². The molecular formula is C22H29NO. The summed E-state index contributed by atoms with van der Waals surface area (Å²) in [5.74, 6) is 1.11. The highest BCUT2D eigenvalue weighted by molar-refractivity contribution is 5.47. The van der Waals surface area contributed by atoms with Crippen LogP contribution < -0.4 is 4.74 Å². The first-order valence-corrected chi connectivity index (χ1v) is 9.12. The van der Waals surface area contributed by atoms with E-state index in [1.807, 2.05) is 7.11 Å². The minimum absolute atomic E-state index is 0.165. The third kappa shape index (κ3) is 3.80. The minimum Gasteiger partial charge on any atom is -0.496 e. The van der Waals surface area contributed by atoms with Gasteiger partial charge in [0.05, 0.1) is 7.11 Å². The van der Waals surface area contributed by atoms with Gasteiger partial charge in [-0.2, -0.15) is 0 Å². The number of methoxy groups -OCH3 is 1. The summed E-state index contributed by atoms with van der Waals surface area (Å²) in [4.78, 5) is 4.81. The van der Waals surface area contributed by atoms with Gasteiger partial charge in [-0.15, -0.1) is 0 Å². The highest BCUT2D eigenvalue weighted by Crippen LogP contribution is 2.34. The molecule has 0 unspecified atom stereocenters. The Labute approximate surface area is 146 Å². The molecule has 2 aromatic rings. The Bertz CT molecular complexity index is 666. The number of hydrogen-bond acceptors (Lipinski definition) is 2. The number of aromatic nitrogens is 1. The number of pyridine rings is 1. The van der Waals surface area contributed by atoms with Crippen LogP contribution in [0.3, 0.4) is 0 Å². The SMILES string of the molecule is COc1c2cc(C(C)(C)C)cc1CCCc1cccc(n1)CCC2. The molecule has 1 aromatic heterocycles. The van der Waals surface area contributed by atoms with Crippen molar-refractivity contribution in [2.75, 3.05) is 7.11 Å². The van der Waals surface area contributed by atoms with Gasteiger partial charge in [0, 0.05) is 11.4 Å². The minimum atomic E-state index is 0.165. The Kier molecular flexibility index (Phi) is 4.93. The average molecular weight is 323 g/mol. The summed E-state index contributed by atoms with van der Waals surface area (Å²) >= 11 is 0. The summed E-state index contributed by atoms with van der Waals surface area (Å²) in [6.07, 6.45) is 6.38. The highest BCUT2D eigenvalue weighted by atomic mass is 16.5. The van der Waals surface area contributed by atoms with E-state index in [1.54, 1.807) is 0 Å². The van der Waals surface area contributed by atoms with Gasteiger partial charge in [0.15, 0.2) is 0 Å². The zero-order valence-corrected chi connectivity index (χ0v) is 15.5. The maximum absolute atomic E-state index is 5.83. The molecule has 1 aliphatic rings. The largest absolute Gasteiger partial charge is 0.496 e. The van der Waals surface area contributed by atoms with Crippen LogP contribution in [0.2, 0.25) is 0 Å². The van der Waals surface area contributed by atoms with Gasteiger partial charge in [-0.3, -0.25) is 4.98 Å². The van der Waals surface area contributed by atoms with Crippen molar-refractivity contribution in [3.05, 3.63) is 58.4 Å². The molecule has 0 aliphatic carbocycles. The number of nitrogens with zero attached hydrogens (tertiary/aromatic N) is 1. The summed E-state index contributed by atoms with van der Waals surface area (Å²) in [6, 6.07) is 11.2.